The van der Waals surface area contributed by atoms with Gasteiger partial charge in [-0.2, -0.15) is 0 Å². The molecule has 0 bridgehead atoms. The van der Waals surface area contributed by atoms with Crippen LogP contribution in [-0.2, 0) is 12.8 Å². The number of fused-ring (bicyclic) bond motifs is 1. The smallest absolute Gasteiger partial charge is 0.253 e. The van der Waals surface area contributed by atoms with Gasteiger partial charge in [0.1, 0.15) is 0 Å². The Morgan fingerprint density at radius 1 is 1.14 bits per heavy atom. The summed E-state index contributed by atoms with van der Waals surface area (Å²) in [5.41, 5.74) is 6.37. The quantitative estimate of drug-likeness (QED) is 0.469. The van der Waals surface area contributed by atoms with Crippen LogP contribution in [0.1, 0.15) is 53.9 Å². The summed E-state index contributed by atoms with van der Waals surface area (Å²) >= 11 is 0. The molecule has 2 aromatic rings. The maximum absolute atomic E-state index is 12.8. The summed E-state index contributed by atoms with van der Waals surface area (Å²) < 4.78 is 11.2. The number of carbonyl (C=O) groups excluding carboxylic acids is 1. The molecule has 2 aromatic carbocycles. The third-order valence-electron chi connectivity index (χ3n) is 7.13. The second-order valence-electron chi connectivity index (χ2n) is 8.99. The van der Waals surface area contributed by atoms with Crippen LogP contribution in [0.25, 0.3) is 0 Å². The Balaban J connectivity index is 1.98. The van der Waals surface area contributed by atoms with Crippen molar-refractivity contribution in [3.63, 3.8) is 0 Å². The first-order valence-corrected chi connectivity index (χ1v) is 12.6. The molecule has 1 aliphatic heterocycles. The second kappa shape index (κ2) is 12.6. The van der Waals surface area contributed by atoms with E-state index in [0.717, 1.165) is 54.4 Å². The fraction of sp³-hybridized carbons (Fsp3) is 0.448. The fourth-order valence-corrected chi connectivity index (χ4v) is 4.88. The molecule has 1 unspecified atom stereocenters. The van der Waals surface area contributed by atoms with Gasteiger partial charge >= 0.3 is 0 Å². The first kappa shape index (κ1) is 27.3. The number of nitrogens with zero attached hydrogens (tertiary/aromatic N) is 3. The summed E-state index contributed by atoms with van der Waals surface area (Å²) in [5.74, 6) is 1.56. The van der Waals surface area contributed by atoms with Gasteiger partial charge < -0.3 is 19.7 Å². The molecule has 1 amide bonds. The predicted octanol–water partition coefficient (Wildman–Crippen LogP) is 4.48. The van der Waals surface area contributed by atoms with Crippen molar-refractivity contribution in [2.45, 2.75) is 39.7 Å². The van der Waals surface area contributed by atoms with Crippen molar-refractivity contribution < 1.29 is 14.3 Å². The largest absolute Gasteiger partial charge is 0.493 e. The molecule has 36 heavy (non-hydrogen) atoms. The molecule has 1 N–H and O–H groups in total. The van der Waals surface area contributed by atoms with Crippen molar-refractivity contribution in [3.05, 3.63) is 70.0 Å². The standard InChI is InChI=1S/C29H40N4O3/c1-8-32(9-2)29(34)22-12-10-21(11-13-22)16-26-24-18-28(36-7)27(35-6)17-23(24)14-15-33(26)19-25(31-5)20(3)30-4/h10-13,17-18,26,31H,4,8-9,14-16,19H2,1-3,5-7H3/b25-20-. The van der Waals surface area contributed by atoms with Gasteiger partial charge in [0.05, 0.1) is 19.9 Å². The topological polar surface area (TPSA) is 66.4 Å². The van der Waals surface area contributed by atoms with Crippen LogP contribution in [0.5, 0.6) is 11.5 Å². The number of methoxy groups -OCH3 is 2. The van der Waals surface area contributed by atoms with E-state index >= 15 is 0 Å². The van der Waals surface area contributed by atoms with Crippen LogP contribution in [0.15, 0.2) is 52.8 Å². The van der Waals surface area contributed by atoms with E-state index in [-0.39, 0.29) is 11.9 Å². The maximum Gasteiger partial charge on any atom is 0.253 e. The zero-order chi connectivity index (χ0) is 26.2. The Morgan fingerprint density at radius 2 is 1.78 bits per heavy atom. The average molecular weight is 493 g/mol. The van der Waals surface area contributed by atoms with E-state index in [1.165, 1.54) is 16.7 Å². The number of benzene rings is 2. The third kappa shape index (κ3) is 5.90. The average Bonchev–Trinajstić information content (AvgIpc) is 2.92. The second-order valence-corrected chi connectivity index (χ2v) is 8.99. The zero-order valence-electron chi connectivity index (χ0n) is 22.6. The molecule has 0 aliphatic carbocycles. The summed E-state index contributed by atoms with van der Waals surface area (Å²) in [4.78, 5) is 21.2. The van der Waals surface area contributed by atoms with Crippen LogP contribution in [0, 0.1) is 0 Å². The Morgan fingerprint density at radius 3 is 2.33 bits per heavy atom. The molecule has 1 heterocycles. The maximum atomic E-state index is 12.8. The predicted molar refractivity (Wildman–Crippen MR) is 146 cm³/mol. The highest BCUT2D eigenvalue weighted by molar-refractivity contribution is 5.94. The van der Waals surface area contributed by atoms with Crippen LogP contribution >= 0.6 is 0 Å². The van der Waals surface area contributed by atoms with E-state index in [0.29, 0.717) is 13.1 Å². The number of rotatable bonds is 11. The molecule has 0 saturated carbocycles. The minimum Gasteiger partial charge on any atom is -0.493 e. The van der Waals surface area contributed by atoms with E-state index in [2.05, 4.69) is 46.2 Å². The van der Waals surface area contributed by atoms with E-state index in [1.54, 1.807) is 14.2 Å². The van der Waals surface area contributed by atoms with Gasteiger partial charge in [0.15, 0.2) is 11.5 Å². The lowest BCUT2D eigenvalue weighted by Crippen LogP contribution is -2.39. The van der Waals surface area contributed by atoms with Crippen molar-refractivity contribution in [3.8, 4) is 11.5 Å². The van der Waals surface area contributed by atoms with Crippen molar-refractivity contribution >= 4 is 12.6 Å². The van der Waals surface area contributed by atoms with Crippen LogP contribution < -0.4 is 14.8 Å². The number of hydrogen-bond donors (Lipinski definition) is 1. The molecule has 0 aromatic heterocycles. The van der Waals surface area contributed by atoms with Crippen LogP contribution in [-0.4, -0.2) is 69.9 Å². The van der Waals surface area contributed by atoms with E-state index in [9.17, 15) is 4.79 Å². The summed E-state index contributed by atoms with van der Waals surface area (Å²) in [6.07, 6.45) is 1.72. The number of aliphatic imine (C=N–C) groups is 1. The molecule has 0 radical (unpaired) electrons. The number of likely N-dealkylation sites (N-methyl/N-ethyl adjacent to an activating group) is 1. The van der Waals surface area contributed by atoms with Crippen LogP contribution in [0.4, 0.5) is 0 Å². The Bertz CT molecular complexity index is 1090. The molecular weight excluding hydrogens is 452 g/mol. The van der Waals surface area contributed by atoms with Crippen molar-refractivity contribution in [1.82, 2.24) is 15.1 Å². The Kier molecular flexibility index (Phi) is 9.53. The van der Waals surface area contributed by atoms with Gasteiger partial charge in [0.25, 0.3) is 5.91 Å². The Labute approximate surface area is 215 Å². The lowest BCUT2D eigenvalue weighted by molar-refractivity contribution is 0.0773. The molecule has 7 heteroatoms. The SMILES string of the molecule is C=N/C(C)=C(/CN1CCc2cc(OC)c(OC)cc2C1Cc1ccc(C(=O)N(CC)CC)cc1)NC. The van der Waals surface area contributed by atoms with Gasteiger partial charge in [-0.25, -0.2) is 0 Å². The molecule has 7 nitrogen and oxygen atoms in total. The third-order valence-corrected chi connectivity index (χ3v) is 7.13. The van der Waals surface area contributed by atoms with Crippen LogP contribution in [0.2, 0.25) is 0 Å². The van der Waals surface area contributed by atoms with Gasteiger partial charge in [0, 0.05) is 50.5 Å². The molecule has 0 spiro atoms. The lowest BCUT2D eigenvalue weighted by Gasteiger charge is -2.38. The van der Waals surface area contributed by atoms with Crippen molar-refractivity contribution in [2.24, 2.45) is 4.99 Å². The fourth-order valence-electron chi connectivity index (χ4n) is 4.88. The molecule has 3 rings (SSSR count). The lowest BCUT2D eigenvalue weighted by atomic mass is 9.87. The molecule has 1 atom stereocenters. The number of allylic oxidation sites excluding steroid dienone is 1. The summed E-state index contributed by atoms with van der Waals surface area (Å²) in [6.45, 7) is 12.7. The first-order valence-electron chi connectivity index (χ1n) is 12.6. The molecule has 1 aliphatic rings. The van der Waals surface area contributed by atoms with Gasteiger partial charge in [-0.15, -0.1) is 0 Å². The van der Waals surface area contributed by atoms with E-state index in [1.807, 2.05) is 44.9 Å². The minimum atomic E-state index is 0.0734. The van der Waals surface area contributed by atoms with Crippen molar-refractivity contribution in [2.75, 3.05) is 47.4 Å². The molecule has 194 valence electrons. The highest BCUT2D eigenvalue weighted by Crippen LogP contribution is 2.39. The van der Waals surface area contributed by atoms with Gasteiger partial charge in [-0.1, -0.05) is 12.1 Å². The number of amides is 1. The highest BCUT2D eigenvalue weighted by atomic mass is 16.5. The number of nitrogens with one attached hydrogen (secondary N) is 1. The molecular formula is C29H40N4O3. The molecule has 0 fully saturated rings. The summed E-state index contributed by atoms with van der Waals surface area (Å²) in [5, 5.41) is 3.31. The number of hydrogen-bond acceptors (Lipinski definition) is 6. The number of carbonyl (C=O) groups is 1. The normalized spacial score (nSPS) is 16.0. The van der Waals surface area contributed by atoms with E-state index in [4.69, 9.17) is 9.47 Å². The summed E-state index contributed by atoms with van der Waals surface area (Å²) in [7, 11) is 5.27. The minimum absolute atomic E-state index is 0.0734. The molecule has 0 saturated heterocycles. The van der Waals surface area contributed by atoms with Gasteiger partial charge in [-0.3, -0.25) is 14.7 Å². The summed E-state index contributed by atoms with van der Waals surface area (Å²) in [6, 6.07) is 12.4. The number of ether oxygens (including phenoxy) is 2. The first-order chi connectivity index (χ1) is 17.4. The van der Waals surface area contributed by atoms with Gasteiger partial charge in [0.2, 0.25) is 0 Å². The van der Waals surface area contributed by atoms with E-state index < -0.39 is 0 Å². The highest BCUT2D eigenvalue weighted by Gasteiger charge is 2.30. The van der Waals surface area contributed by atoms with Crippen LogP contribution in [0.3, 0.4) is 0 Å². The monoisotopic (exact) mass is 492 g/mol. The zero-order valence-corrected chi connectivity index (χ0v) is 22.6. The Hall–Kier alpha value is -3.32. The van der Waals surface area contributed by atoms with Crippen molar-refractivity contribution in [1.29, 1.82) is 0 Å². The van der Waals surface area contributed by atoms with Gasteiger partial charge in [-0.05, 0) is 81.3 Å².